The summed E-state index contributed by atoms with van der Waals surface area (Å²) in [6.07, 6.45) is 1.81. The Labute approximate surface area is 191 Å². The van der Waals surface area contributed by atoms with Crippen LogP contribution in [-0.2, 0) is 13.0 Å². The summed E-state index contributed by atoms with van der Waals surface area (Å²) < 4.78 is 3.32. The van der Waals surface area contributed by atoms with Crippen molar-refractivity contribution in [1.82, 2.24) is 29.6 Å². The highest BCUT2D eigenvalue weighted by Crippen LogP contribution is 2.23. The van der Waals surface area contributed by atoms with Crippen molar-refractivity contribution >= 4 is 22.7 Å². The first-order valence-electron chi connectivity index (χ1n) is 11.2. The van der Waals surface area contributed by atoms with Gasteiger partial charge in [-0.3, -0.25) is 4.79 Å². The van der Waals surface area contributed by atoms with Crippen LogP contribution in [0.5, 0.6) is 0 Å². The number of hydrogen-bond donors (Lipinski definition) is 3. The van der Waals surface area contributed by atoms with Gasteiger partial charge in [0.25, 0.3) is 5.56 Å². The Morgan fingerprint density at radius 2 is 1.97 bits per heavy atom. The summed E-state index contributed by atoms with van der Waals surface area (Å²) >= 11 is 0. The first-order valence-corrected chi connectivity index (χ1v) is 11.2. The van der Waals surface area contributed by atoms with Crippen LogP contribution < -0.4 is 16.2 Å². The van der Waals surface area contributed by atoms with E-state index in [1.165, 1.54) is 11.1 Å². The highest BCUT2D eigenvalue weighted by atomic mass is 16.3. The smallest absolute Gasteiger partial charge is 0.278 e. The zero-order valence-electron chi connectivity index (χ0n) is 18.9. The van der Waals surface area contributed by atoms with Crippen molar-refractivity contribution in [3.8, 4) is 5.82 Å². The van der Waals surface area contributed by atoms with Gasteiger partial charge in [0.2, 0.25) is 5.95 Å². The maximum Gasteiger partial charge on any atom is 0.278 e. The Morgan fingerprint density at radius 1 is 1.12 bits per heavy atom. The number of hydrogen-bond acceptors (Lipinski definition) is 7. The van der Waals surface area contributed by atoms with Gasteiger partial charge in [0.15, 0.2) is 11.5 Å². The largest absolute Gasteiger partial charge is 0.387 e. The number of rotatable bonds is 5. The van der Waals surface area contributed by atoms with Gasteiger partial charge in [-0.25, -0.2) is 19.3 Å². The molecule has 0 bridgehead atoms. The van der Waals surface area contributed by atoms with Crippen LogP contribution in [0.15, 0.2) is 47.4 Å². The summed E-state index contributed by atoms with van der Waals surface area (Å²) in [5.74, 6) is 0.915. The highest BCUT2D eigenvalue weighted by molar-refractivity contribution is 5.77. The lowest BCUT2D eigenvalue weighted by Gasteiger charge is -2.18. The normalized spacial score (nSPS) is 14.5. The number of fused-ring (bicyclic) bond motifs is 2. The lowest BCUT2D eigenvalue weighted by Crippen LogP contribution is -2.24. The van der Waals surface area contributed by atoms with E-state index in [9.17, 15) is 9.90 Å². The van der Waals surface area contributed by atoms with E-state index in [-0.39, 0.29) is 11.6 Å². The minimum absolute atomic E-state index is 0.130. The number of nitrogens with one attached hydrogen (secondary N) is 2. The average molecular weight is 446 g/mol. The zero-order chi connectivity index (χ0) is 23.1. The number of aliphatic hydroxyl groups excluding tert-OH is 1. The minimum Gasteiger partial charge on any atom is -0.387 e. The van der Waals surface area contributed by atoms with Crippen LogP contribution >= 0.6 is 0 Å². The molecule has 3 N–H and O–H groups in total. The number of nitrogens with zero attached hydrogens (tertiary/aromatic N) is 5. The molecule has 9 heteroatoms. The quantitative estimate of drug-likeness (QED) is 0.433. The molecule has 3 aromatic heterocycles. The fraction of sp³-hybridized carbons (Fsp3) is 0.333. The third-order valence-electron chi connectivity index (χ3n) is 5.86. The molecular weight excluding hydrogens is 418 g/mol. The molecule has 5 rings (SSSR count). The summed E-state index contributed by atoms with van der Waals surface area (Å²) in [4.78, 5) is 26.9. The van der Waals surface area contributed by atoms with Gasteiger partial charge in [-0.15, -0.1) is 0 Å². The number of benzene rings is 1. The summed E-state index contributed by atoms with van der Waals surface area (Å²) in [6.45, 7) is 7.37. The van der Waals surface area contributed by atoms with Crippen LogP contribution in [-0.4, -0.2) is 36.0 Å². The molecule has 170 valence electrons. The molecule has 1 aromatic carbocycles. The van der Waals surface area contributed by atoms with E-state index in [2.05, 4.69) is 32.7 Å². The van der Waals surface area contributed by atoms with Gasteiger partial charge in [-0.2, -0.15) is 4.98 Å². The van der Waals surface area contributed by atoms with Crippen molar-refractivity contribution in [2.45, 2.75) is 45.9 Å². The lowest BCUT2D eigenvalue weighted by molar-refractivity contribution is 0.194. The molecular formula is C24H27N7O2. The molecule has 0 saturated heterocycles. The Hall–Kier alpha value is -3.56. The molecule has 1 aliphatic heterocycles. The first kappa shape index (κ1) is 21.3. The van der Waals surface area contributed by atoms with Crippen LogP contribution in [0.1, 0.15) is 49.7 Å². The van der Waals surface area contributed by atoms with Gasteiger partial charge in [0.1, 0.15) is 5.39 Å². The Morgan fingerprint density at radius 3 is 2.76 bits per heavy atom. The molecule has 4 heterocycles. The van der Waals surface area contributed by atoms with Gasteiger partial charge >= 0.3 is 0 Å². The van der Waals surface area contributed by atoms with Crippen molar-refractivity contribution < 1.29 is 5.11 Å². The Kier molecular flexibility index (Phi) is 5.43. The summed E-state index contributed by atoms with van der Waals surface area (Å²) in [5.41, 5.74) is 4.31. The number of aromatic nitrogens is 5. The summed E-state index contributed by atoms with van der Waals surface area (Å²) in [5, 5.41) is 17.1. The Balaban J connectivity index is 1.62. The van der Waals surface area contributed by atoms with E-state index in [4.69, 9.17) is 4.98 Å². The van der Waals surface area contributed by atoms with Crippen LogP contribution in [0.2, 0.25) is 0 Å². The van der Waals surface area contributed by atoms with Gasteiger partial charge < -0.3 is 15.7 Å². The molecule has 9 nitrogen and oxygen atoms in total. The SMILES string of the molecule is CC(O)c1cccc(-n2c3nc(Nc4ccc5c(c4)CCNC5)ncc3c(=O)n2C(C)C)n1. The van der Waals surface area contributed by atoms with E-state index in [1.807, 2.05) is 26.0 Å². The third kappa shape index (κ3) is 3.90. The lowest BCUT2D eigenvalue weighted by atomic mass is 10.0. The second-order valence-corrected chi connectivity index (χ2v) is 8.62. The molecule has 1 atom stereocenters. The molecule has 0 spiro atoms. The molecule has 1 aliphatic rings. The predicted molar refractivity (Wildman–Crippen MR) is 127 cm³/mol. The van der Waals surface area contributed by atoms with Crippen molar-refractivity contribution in [3.63, 3.8) is 0 Å². The topological polar surface area (TPSA) is 110 Å². The number of anilines is 2. The molecule has 0 aliphatic carbocycles. The molecule has 0 amide bonds. The fourth-order valence-electron chi connectivity index (χ4n) is 4.22. The van der Waals surface area contributed by atoms with Crippen LogP contribution in [0.4, 0.5) is 11.6 Å². The van der Waals surface area contributed by atoms with Crippen molar-refractivity contribution in [2.75, 3.05) is 11.9 Å². The van der Waals surface area contributed by atoms with E-state index >= 15 is 0 Å². The van der Waals surface area contributed by atoms with Gasteiger partial charge in [0, 0.05) is 24.5 Å². The van der Waals surface area contributed by atoms with Gasteiger partial charge in [-0.05, 0) is 69.1 Å². The molecule has 0 saturated carbocycles. The van der Waals surface area contributed by atoms with Crippen LogP contribution in [0.3, 0.4) is 0 Å². The molecule has 0 fully saturated rings. The molecule has 4 aromatic rings. The van der Waals surface area contributed by atoms with E-state index in [0.29, 0.717) is 28.5 Å². The van der Waals surface area contributed by atoms with Crippen molar-refractivity contribution in [3.05, 3.63) is 69.8 Å². The number of pyridine rings is 1. The maximum atomic E-state index is 13.2. The van der Waals surface area contributed by atoms with Crippen molar-refractivity contribution in [2.24, 2.45) is 0 Å². The summed E-state index contributed by atoms with van der Waals surface area (Å²) in [7, 11) is 0. The van der Waals surface area contributed by atoms with Crippen LogP contribution in [0, 0.1) is 0 Å². The molecule has 1 unspecified atom stereocenters. The average Bonchev–Trinajstić information content (AvgIpc) is 3.11. The highest BCUT2D eigenvalue weighted by Gasteiger charge is 2.21. The zero-order valence-corrected chi connectivity index (χ0v) is 18.9. The van der Waals surface area contributed by atoms with E-state index in [1.54, 1.807) is 34.6 Å². The predicted octanol–water partition coefficient (Wildman–Crippen LogP) is 3.00. The third-order valence-corrected chi connectivity index (χ3v) is 5.86. The first-order chi connectivity index (χ1) is 15.9. The fourth-order valence-corrected chi connectivity index (χ4v) is 4.22. The minimum atomic E-state index is -0.725. The summed E-state index contributed by atoms with van der Waals surface area (Å²) in [6, 6.07) is 11.5. The maximum absolute atomic E-state index is 13.2. The monoisotopic (exact) mass is 445 g/mol. The Bertz CT molecular complexity index is 1390. The van der Waals surface area contributed by atoms with Crippen LogP contribution in [0.25, 0.3) is 16.9 Å². The molecule has 33 heavy (non-hydrogen) atoms. The van der Waals surface area contributed by atoms with E-state index in [0.717, 1.165) is 25.2 Å². The second-order valence-electron chi connectivity index (χ2n) is 8.62. The van der Waals surface area contributed by atoms with Gasteiger partial charge in [-0.1, -0.05) is 12.1 Å². The van der Waals surface area contributed by atoms with Crippen molar-refractivity contribution in [1.29, 1.82) is 0 Å². The second kappa shape index (κ2) is 8.42. The number of aliphatic hydroxyl groups is 1. The standard InChI is InChI=1S/C24H27N7O2/c1-14(2)30-23(33)19-13-26-24(27-18-8-7-17-12-25-10-9-16(17)11-18)29-22(19)31(30)21-6-4-5-20(28-21)15(3)32/h4-8,11,13-15,25,32H,9-10,12H2,1-3H3,(H,26,27,29). The van der Waals surface area contributed by atoms with Gasteiger partial charge in [0.05, 0.1) is 11.8 Å². The molecule has 0 radical (unpaired) electrons. The van der Waals surface area contributed by atoms with E-state index < -0.39 is 6.10 Å².